The van der Waals surface area contributed by atoms with Gasteiger partial charge in [-0.05, 0) is 44.7 Å². The highest BCUT2D eigenvalue weighted by Gasteiger charge is 2.20. The summed E-state index contributed by atoms with van der Waals surface area (Å²) >= 11 is 0. The van der Waals surface area contributed by atoms with E-state index in [1.54, 1.807) is 7.11 Å². The van der Waals surface area contributed by atoms with Crippen LogP contribution in [0.4, 0.5) is 5.69 Å². The molecule has 0 amide bonds. The van der Waals surface area contributed by atoms with Crippen molar-refractivity contribution in [3.05, 3.63) is 24.3 Å². The Morgan fingerprint density at radius 2 is 1.88 bits per heavy atom. The van der Waals surface area contributed by atoms with Crippen molar-refractivity contribution in [2.45, 2.75) is 26.3 Å². The molecule has 0 radical (unpaired) electrons. The van der Waals surface area contributed by atoms with Crippen LogP contribution in [0.15, 0.2) is 29.3 Å². The molecule has 1 N–H and O–H groups in total. The van der Waals surface area contributed by atoms with E-state index >= 15 is 0 Å². The summed E-state index contributed by atoms with van der Waals surface area (Å²) in [7, 11) is 5.76. The quantitative estimate of drug-likeness (QED) is 0.595. The lowest BCUT2D eigenvalue weighted by atomic mass is 10.2. The maximum absolute atomic E-state index is 5.24. The van der Waals surface area contributed by atoms with Crippen LogP contribution in [0.25, 0.3) is 0 Å². The Hall–Kier alpha value is -1.95. The van der Waals surface area contributed by atoms with Gasteiger partial charge >= 0.3 is 0 Å². The summed E-state index contributed by atoms with van der Waals surface area (Å²) in [5.74, 6) is 1.91. The zero-order chi connectivity index (χ0) is 18.9. The van der Waals surface area contributed by atoms with E-state index in [4.69, 9.17) is 4.74 Å². The number of rotatable bonds is 7. The van der Waals surface area contributed by atoms with Crippen molar-refractivity contribution in [3.8, 4) is 5.75 Å². The van der Waals surface area contributed by atoms with E-state index < -0.39 is 0 Å². The average Bonchev–Trinajstić information content (AvgIpc) is 2.70. The highest BCUT2D eigenvalue weighted by molar-refractivity contribution is 5.80. The van der Waals surface area contributed by atoms with Crippen molar-refractivity contribution in [3.63, 3.8) is 0 Å². The summed E-state index contributed by atoms with van der Waals surface area (Å²) in [6, 6.07) is 8.93. The molecular formula is C20H35N5O. The van der Waals surface area contributed by atoms with Gasteiger partial charge in [0.15, 0.2) is 5.96 Å². The SMILES string of the molecule is CCC(C)N(C)CCNC(=NC)N1CCN(c2ccc(OC)cc2)CC1. The number of ether oxygens (including phenoxy) is 1. The van der Waals surface area contributed by atoms with Gasteiger partial charge < -0.3 is 24.8 Å². The molecule has 6 heteroatoms. The van der Waals surface area contributed by atoms with Gasteiger partial charge in [-0.3, -0.25) is 4.99 Å². The average molecular weight is 362 g/mol. The fourth-order valence-electron chi connectivity index (χ4n) is 3.18. The van der Waals surface area contributed by atoms with Crippen LogP contribution in [0.3, 0.4) is 0 Å². The lowest BCUT2D eigenvalue weighted by molar-refractivity contribution is 0.254. The Labute approximate surface area is 158 Å². The van der Waals surface area contributed by atoms with E-state index in [9.17, 15) is 0 Å². The monoisotopic (exact) mass is 361 g/mol. The summed E-state index contributed by atoms with van der Waals surface area (Å²) in [6.45, 7) is 10.4. The Morgan fingerprint density at radius 3 is 2.42 bits per heavy atom. The first-order valence-electron chi connectivity index (χ1n) is 9.63. The number of likely N-dealkylation sites (N-methyl/N-ethyl adjacent to an activating group) is 1. The van der Waals surface area contributed by atoms with E-state index in [1.807, 2.05) is 19.2 Å². The number of guanidine groups is 1. The topological polar surface area (TPSA) is 43.3 Å². The fourth-order valence-corrected chi connectivity index (χ4v) is 3.18. The molecule has 0 bridgehead atoms. The lowest BCUT2D eigenvalue weighted by Crippen LogP contribution is -2.53. The molecule has 0 aliphatic carbocycles. The minimum absolute atomic E-state index is 0.617. The Bertz CT molecular complexity index is 552. The number of piperazine rings is 1. The van der Waals surface area contributed by atoms with Crippen molar-refractivity contribution in [2.75, 3.05) is 65.4 Å². The van der Waals surface area contributed by atoms with E-state index in [0.717, 1.165) is 51.0 Å². The molecule has 2 rings (SSSR count). The van der Waals surface area contributed by atoms with Crippen molar-refractivity contribution < 1.29 is 4.74 Å². The Balaban J connectivity index is 1.79. The van der Waals surface area contributed by atoms with Crippen LogP contribution in [0.2, 0.25) is 0 Å². The van der Waals surface area contributed by atoms with Crippen LogP contribution in [-0.4, -0.2) is 82.3 Å². The maximum atomic E-state index is 5.24. The zero-order valence-corrected chi connectivity index (χ0v) is 17.0. The first kappa shape index (κ1) is 20.4. The molecule has 1 saturated heterocycles. The van der Waals surface area contributed by atoms with Crippen LogP contribution in [-0.2, 0) is 0 Å². The first-order chi connectivity index (χ1) is 12.6. The van der Waals surface area contributed by atoms with E-state index in [-0.39, 0.29) is 0 Å². The fraction of sp³-hybridized carbons (Fsp3) is 0.650. The number of aliphatic imine (C=N–C) groups is 1. The predicted molar refractivity (Wildman–Crippen MR) is 111 cm³/mol. The molecule has 1 fully saturated rings. The molecule has 0 aromatic heterocycles. The molecule has 1 atom stereocenters. The maximum Gasteiger partial charge on any atom is 0.193 e. The van der Waals surface area contributed by atoms with Crippen LogP contribution < -0.4 is 15.0 Å². The summed E-state index contributed by atoms with van der Waals surface area (Å²) in [5, 5.41) is 3.52. The molecule has 6 nitrogen and oxygen atoms in total. The van der Waals surface area contributed by atoms with Crippen LogP contribution in [0.5, 0.6) is 5.75 Å². The normalized spacial score (nSPS) is 16.8. The predicted octanol–water partition coefficient (Wildman–Crippen LogP) is 2.12. The first-order valence-corrected chi connectivity index (χ1v) is 9.63. The van der Waals surface area contributed by atoms with Crippen LogP contribution >= 0.6 is 0 Å². The van der Waals surface area contributed by atoms with E-state index in [2.05, 4.69) is 58.0 Å². The van der Waals surface area contributed by atoms with Gasteiger partial charge in [0.1, 0.15) is 5.75 Å². The number of nitrogens with one attached hydrogen (secondary N) is 1. The minimum atomic E-state index is 0.617. The minimum Gasteiger partial charge on any atom is -0.497 e. The van der Waals surface area contributed by atoms with E-state index in [0.29, 0.717) is 6.04 Å². The van der Waals surface area contributed by atoms with Gasteiger partial charge in [0.2, 0.25) is 0 Å². The third kappa shape index (κ3) is 5.53. The molecule has 1 aromatic carbocycles. The molecule has 1 aromatic rings. The number of anilines is 1. The van der Waals surface area contributed by atoms with Gasteiger partial charge in [0.05, 0.1) is 7.11 Å². The summed E-state index contributed by atoms with van der Waals surface area (Å²) in [5.41, 5.74) is 1.25. The van der Waals surface area contributed by atoms with Gasteiger partial charge in [-0.15, -0.1) is 0 Å². The van der Waals surface area contributed by atoms with Gasteiger partial charge in [-0.1, -0.05) is 6.92 Å². The molecule has 1 aliphatic rings. The summed E-state index contributed by atoms with van der Waals surface area (Å²) in [4.78, 5) is 11.6. The van der Waals surface area contributed by atoms with Crippen molar-refractivity contribution >= 4 is 11.6 Å². The molecule has 0 saturated carbocycles. The second-order valence-corrected chi connectivity index (χ2v) is 6.88. The molecule has 0 spiro atoms. The van der Waals surface area contributed by atoms with Gasteiger partial charge in [-0.25, -0.2) is 0 Å². The molecular weight excluding hydrogens is 326 g/mol. The molecule has 1 aliphatic heterocycles. The summed E-state index contributed by atoms with van der Waals surface area (Å²) < 4.78 is 5.24. The standard InChI is InChI=1S/C20H35N5O/c1-6-17(2)23(4)12-11-22-20(21-3)25-15-13-24(14-16-25)18-7-9-19(26-5)10-8-18/h7-10,17H,6,11-16H2,1-5H3,(H,21,22). The second-order valence-electron chi connectivity index (χ2n) is 6.88. The summed E-state index contributed by atoms with van der Waals surface area (Å²) in [6.07, 6.45) is 1.18. The number of methoxy groups -OCH3 is 1. The third-order valence-electron chi connectivity index (χ3n) is 5.32. The second kappa shape index (κ2) is 10.3. The number of nitrogens with zero attached hydrogens (tertiary/aromatic N) is 4. The van der Waals surface area contributed by atoms with Gasteiger partial charge in [0.25, 0.3) is 0 Å². The highest BCUT2D eigenvalue weighted by atomic mass is 16.5. The lowest BCUT2D eigenvalue weighted by Gasteiger charge is -2.38. The smallest absolute Gasteiger partial charge is 0.193 e. The Morgan fingerprint density at radius 1 is 1.23 bits per heavy atom. The van der Waals surface area contributed by atoms with Crippen molar-refractivity contribution in [1.82, 2.24) is 15.1 Å². The number of hydrogen-bond acceptors (Lipinski definition) is 4. The number of hydrogen-bond donors (Lipinski definition) is 1. The third-order valence-corrected chi connectivity index (χ3v) is 5.32. The molecule has 146 valence electrons. The van der Waals surface area contributed by atoms with Crippen molar-refractivity contribution in [2.24, 2.45) is 4.99 Å². The Kier molecular flexibility index (Phi) is 8.04. The van der Waals surface area contributed by atoms with E-state index in [1.165, 1.54) is 12.1 Å². The van der Waals surface area contributed by atoms with Gasteiger partial charge in [-0.2, -0.15) is 0 Å². The molecule has 1 heterocycles. The largest absolute Gasteiger partial charge is 0.497 e. The van der Waals surface area contributed by atoms with Crippen LogP contribution in [0.1, 0.15) is 20.3 Å². The van der Waals surface area contributed by atoms with Crippen molar-refractivity contribution in [1.29, 1.82) is 0 Å². The zero-order valence-electron chi connectivity index (χ0n) is 17.0. The van der Waals surface area contributed by atoms with Gasteiger partial charge in [0, 0.05) is 58.0 Å². The molecule has 26 heavy (non-hydrogen) atoms. The van der Waals surface area contributed by atoms with Crippen LogP contribution in [0, 0.1) is 0 Å². The molecule has 1 unspecified atom stereocenters. The number of benzene rings is 1. The highest BCUT2D eigenvalue weighted by Crippen LogP contribution is 2.20.